The van der Waals surface area contributed by atoms with Gasteiger partial charge in [-0.05, 0) is 13.8 Å². The highest BCUT2D eigenvalue weighted by Gasteiger charge is 2.19. The Hall–Kier alpha value is 0.180. The van der Waals surface area contributed by atoms with Crippen molar-refractivity contribution in [3.63, 3.8) is 0 Å². The van der Waals surface area contributed by atoms with E-state index in [-0.39, 0.29) is 0 Å². The largest absolute Gasteiger partial charge is 0.351 e. The summed E-state index contributed by atoms with van der Waals surface area (Å²) in [5.74, 6) is 0. The van der Waals surface area contributed by atoms with Gasteiger partial charge < -0.3 is 33.8 Å². The first-order chi connectivity index (χ1) is 7.49. The molecule has 0 bridgehead atoms. The Morgan fingerprint density at radius 3 is 1.41 bits per heavy atom. The predicted molar refractivity (Wildman–Crippen MR) is 56.0 cm³/mol. The summed E-state index contributed by atoms with van der Waals surface area (Å²) < 4.78 is 35.1. The Morgan fingerprint density at radius 2 is 1.18 bits per heavy atom. The van der Waals surface area contributed by atoms with E-state index in [2.05, 4.69) is 9.47 Å². The van der Waals surface area contributed by atoms with Crippen LogP contribution in [0.25, 0.3) is 0 Å². The van der Waals surface area contributed by atoms with Crippen LogP contribution in [0.2, 0.25) is 0 Å². The Bertz CT molecular complexity index is 277. The maximum atomic E-state index is 10.5. The van der Waals surface area contributed by atoms with Gasteiger partial charge in [-0.15, -0.1) is 0 Å². The molecule has 0 aliphatic rings. The Balaban J connectivity index is 3.84. The molecule has 0 rings (SSSR count). The molecule has 0 aromatic rings. The summed E-state index contributed by atoms with van der Waals surface area (Å²) in [7, 11) is -8.55. The molecule has 0 saturated carbocycles. The zero-order valence-corrected chi connectivity index (χ0v) is 11.1. The summed E-state index contributed by atoms with van der Waals surface area (Å²) in [6.07, 6.45) is -3.57. The zero-order valence-electron chi connectivity index (χ0n) is 9.29. The van der Waals surface area contributed by atoms with Crippen LogP contribution in [0.1, 0.15) is 13.8 Å². The van der Waals surface area contributed by atoms with Crippen LogP contribution in [-0.4, -0.2) is 44.8 Å². The molecule has 0 heterocycles. The molecular formula is C6H16O9P2. The van der Waals surface area contributed by atoms with Crippen LogP contribution in [0.3, 0.4) is 0 Å². The van der Waals surface area contributed by atoms with Crippen LogP contribution in [0.15, 0.2) is 0 Å². The lowest BCUT2D eigenvalue weighted by atomic mass is 10.7. The van der Waals surface area contributed by atoms with E-state index in [1.54, 1.807) is 0 Å². The lowest BCUT2D eigenvalue weighted by Crippen LogP contribution is -2.23. The SMILES string of the molecule is CC(OCP(=O)(O)O)OC(C)OCP(=O)(O)O. The summed E-state index contributed by atoms with van der Waals surface area (Å²) >= 11 is 0. The van der Waals surface area contributed by atoms with E-state index in [0.717, 1.165) is 0 Å². The minimum absolute atomic E-state index is 0.806. The van der Waals surface area contributed by atoms with Crippen LogP contribution < -0.4 is 0 Å². The predicted octanol–water partition coefficient (Wildman–Crippen LogP) is -0.00140. The van der Waals surface area contributed by atoms with Crippen molar-refractivity contribution in [1.29, 1.82) is 0 Å². The first-order valence-electron chi connectivity index (χ1n) is 4.47. The van der Waals surface area contributed by atoms with Crippen molar-refractivity contribution in [3.05, 3.63) is 0 Å². The minimum atomic E-state index is -4.27. The van der Waals surface area contributed by atoms with Gasteiger partial charge in [0.2, 0.25) is 0 Å². The maximum Gasteiger partial charge on any atom is 0.351 e. The first-order valence-corrected chi connectivity index (χ1v) is 8.07. The quantitative estimate of drug-likeness (QED) is 0.359. The Morgan fingerprint density at radius 1 is 0.882 bits per heavy atom. The summed E-state index contributed by atoms with van der Waals surface area (Å²) in [5.41, 5.74) is 0. The van der Waals surface area contributed by atoms with Crippen molar-refractivity contribution >= 4 is 15.2 Å². The monoisotopic (exact) mass is 294 g/mol. The molecule has 0 fully saturated rings. The highest BCUT2D eigenvalue weighted by atomic mass is 31.2. The standard InChI is InChI=1S/C6H16O9P2/c1-5(13-3-16(7,8)9)15-6(2)14-4-17(10,11)12/h5-6H,3-4H2,1-2H3,(H2,7,8,9)(H2,10,11,12). The number of ether oxygens (including phenoxy) is 3. The van der Waals surface area contributed by atoms with Gasteiger partial charge in [-0.25, -0.2) is 0 Å². The van der Waals surface area contributed by atoms with Crippen LogP contribution >= 0.6 is 15.2 Å². The summed E-state index contributed by atoms with van der Waals surface area (Å²) in [5, 5.41) is 0. The van der Waals surface area contributed by atoms with Crippen LogP contribution in [-0.2, 0) is 23.3 Å². The maximum absolute atomic E-state index is 10.5. The average Bonchev–Trinajstić information content (AvgIpc) is 2.09. The molecule has 104 valence electrons. The Labute approximate surface area is 98.0 Å². The molecule has 0 saturated heterocycles. The molecule has 4 N–H and O–H groups in total. The molecule has 2 atom stereocenters. The van der Waals surface area contributed by atoms with E-state index >= 15 is 0 Å². The molecule has 2 unspecified atom stereocenters. The number of rotatable bonds is 8. The molecule has 0 radical (unpaired) electrons. The third-order valence-corrected chi connectivity index (χ3v) is 2.31. The van der Waals surface area contributed by atoms with Crippen LogP contribution in [0, 0.1) is 0 Å². The third kappa shape index (κ3) is 12.4. The molecule has 0 aliphatic heterocycles. The molecule has 0 spiro atoms. The molecule has 9 nitrogen and oxygen atoms in total. The molecule has 0 aromatic carbocycles. The normalized spacial score (nSPS) is 16.8. The molecule has 17 heavy (non-hydrogen) atoms. The van der Waals surface area contributed by atoms with Gasteiger partial charge in [0, 0.05) is 0 Å². The molecule has 0 aromatic heterocycles. The molecule has 0 aliphatic carbocycles. The fourth-order valence-electron chi connectivity index (χ4n) is 0.753. The van der Waals surface area contributed by atoms with E-state index in [1.807, 2.05) is 0 Å². The van der Waals surface area contributed by atoms with Crippen LogP contribution in [0.4, 0.5) is 0 Å². The summed E-state index contributed by atoms with van der Waals surface area (Å²) in [4.78, 5) is 34.0. The topological polar surface area (TPSA) is 143 Å². The average molecular weight is 294 g/mol. The fourth-order valence-corrected chi connectivity index (χ4v) is 1.56. The van der Waals surface area contributed by atoms with E-state index in [1.165, 1.54) is 13.8 Å². The van der Waals surface area contributed by atoms with Gasteiger partial charge in [-0.3, -0.25) is 9.13 Å². The summed E-state index contributed by atoms with van der Waals surface area (Å²) in [6, 6.07) is 0. The van der Waals surface area contributed by atoms with Gasteiger partial charge in [-0.2, -0.15) is 0 Å². The van der Waals surface area contributed by atoms with Crippen molar-refractivity contribution < 1.29 is 42.9 Å². The minimum Gasteiger partial charge on any atom is -0.340 e. The zero-order chi connectivity index (χ0) is 13.7. The van der Waals surface area contributed by atoms with Crippen molar-refractivity contribution in [1.82, 2.24) is 0 Å². The van der Waals surface area contributed by atoms with Gasteiger partial charge in [0.25, 0.3) is 0 Å². The van der Waals surface area contributed by atoms with Gasteiger partial charge in [-0.1, -0.05) is 0 Å². The fraction of sp³-hybridized carbons (Fsp3) is 1.00. The second kappa shape index (κ2) is 6.94. The van der Waals surface area contributed by atoms with Crippen molar-refractivity contribution in [3.8, 4) is 0 Å². The smallest absolute Gasteiger partial charge is 0.340 e. The van der Waals surface area contributed by atoms with Gasteiger partial charge >= 0.3 is 15.2 Å². The third-order valence-electron chi connectivity index (χ3n) is 1.34. The lowest BCUT2D eigenvalue weighted by Gasteiger charge is -2.20. The van der Waals surface area contributed by atoms with E-state index in [9.17, 15) is 9.13 Å². The Kier molecular flexibility index (Phi) is 7.01. The highest BCUT2D eigenvalue weighted by molar-refractivity contribution is 7.51. The molecular weight excluding hydrogens is 278 g/mol. The van der Waals surface area contributed by atoms with Crippen molar-refractivity contribution in [2.24, 2.45) is 0 Å². The molecule has 0 amide bonds. The van der Waals surface area contributed by atoms with Gasteiger partial charge in [0.1, 0.15) is 0 Å². The lowest BCUT2D eigenvalue weighted by molar-refractivity contribution is -0.222. The van der Waals surface area contributed by atoms with E-state index in [0.29, 0.717) is 0 Å². The van der Waals surface area contributed by atoms with Gasteiger partial charge in [0.15, 0.2) is 25.3 Å². The second-order valence-corrected chi connectivity index (χ2v) is 6.37. The van der Waals surface area contributed by atoms with E-state index < -0.39 is 40.5 Å². The first kappa shape index (κ1) is 17.2. The van der Waals surface area contributed by atoms with Crippen molar-refractivity contribution in [2.45, 2.75) is 26.4 Å². The number of hydrogen-bond acceptors (Lipinski definition) is 5. The van der Waals surface area contributed by atoms with Crippen molar-refractivity contribution in [2.75, 3.05) is 12.7 Å². The van der Waals surface area contributed by atoms with Gasteiger partial charge in [0.05, 0.1) is 0 Å². The second-order valence-electron chi connectivity index (χ2n) is 3.19. The summed E-state index contributed by atoms with van der Waals surface area (Å²) in [6.45, 7) is 2.74. The number of hydrogen-bond donors (Lipinski definition) is 4. The van der Waals surface area contributed by atoms with Crippen LogP contribution in [0.5, 0.6) is 0 Å². The van der Waals surface area contributed by atoms with E-state index in [4.69, 9.17) is 24.3 Å². The highest BCUT2D eigenvalue weighted by Crippen LogP contribution is 2.35. The molecule has 11 heteroatoms.